The third-order valence-corrected chi connectivity index (χ3v) is 3.87. The van der Waals surface area contributed by atoms with Gasteiger partial charge in [-0.3, -0.25) is 4.79 Å². The van der Waals surface area contributed by atoms with Crippen molar-refractivity contribution >= 4 is 23.2 Å². The van der Waals surface area contributed by atoms with Gasteiger partial charge in [-0.1, -0.05) is 41.9 Å². The SMILES string of the molecule is NCC[C@@H](Oc1cc(Cl)cc2c1CC(=O)N2)c1ccccc1. The van der Waals surface area contributed by atoms with Crippen molar-refractivity contribution in [2.45, 2.75) is 18.9 Å². The summed E-state index contributed by atoms with van der Waals surface area (Å²) in [6, 6.07) is 13.4. The molecule has 2 aromatic rings. The molecule has 0 spiro atoms. The molecule has 1 atom stereocenters. The van der Waals surface area contributed by atoms with Crippen LogP contribution in [0.5, 0.6) is 5.75 Å². The second kappa shape index (κ2) is 6.38. The molecule has 3 rings (SSSR count). The van der Waals surface area contributed by atoms with E-state index in [1.54, 1.807) is 12.1 Å². The topological polar surface area (TPSA) is 64.3 Å². The fraction of sp³-hybridized carbons (Fsp3) is 0.235. The molecule has 0 saturated heterocycles. The highest BCUT2D eigenvalue weighted by atomic mass is 35.5. The van der Waals surface area contributed by atoms with Crippen molar-refractivity contribution in [3.8, 4) is 5.75 Å². The van der Waals surface area contributed by atoms with Crippen LogP contribution in [0.25, 0.3) is 0 Å². The summed E-state index contributed by atoms with van der Waals surface area (Å²) in [5, 5.41) is 3.33. The van der Waals surface area contributed by atoms with Crippen LogP contribution in [-0.4, -0.2) is 12.5 Å². The maximum Gasteiger partial charge on any atom is 0.229 e. The number of nitrogens with one attached hydrogen (secondary N) is 1. The van der Waals surface area contributed by atoms with Gasteiger partial charge in [-0.25, -0.2) is 0 Å². The van der Waals surface area contributed by atoms with E-state index in [0.717, 1.165) is 16.8 Å². The molecule has 1 amide bonds. The summed E-state index contributed by atoms with van der Waals surface area (Å²) < 4.78 is 6.16. The molecule has 5 heteroatoms. The first-order valence-corrected chi connectivity index (χ1v) is 7.59. The van der Waals surface area contributed by atoms with Gasteiger partial charge in [0.15, 0.2) is 0 Å². The fourth-order valence-electron chi connectivity index (χ4n) is 2.63. The van der Waals surface area contributed by atoms with Crippen LogP contribution in [-0.2, 0) is 11.2 Å². The Morgan fingerprint density at radius 2 is 2.05 bits per heavy atom. The Bertz CT molecular complexity index is 689. The minimum Gasteiger partial charge on any atom is -0.485 e. The van der Waals surface area contributed by atoms with Gasteiger partial charge in [-0.05, 0) is 24.2 Å². The lowest BCUT2D eigenvalue weighted by Crippen LogP contribution is -2.14. The number of carbonyl (C=O) groups excluding carboxylic acids is 1. The zero-order valence-electron chi connectivity index (χ0n) is 12.0. The summed E-state index contributed by atoms with van der Waals surface area (Å²) in [5.41, 5.74) is 8.35. The Hall–Kier alpha value is -2.04. The first-order chi connectivity index (χ1) is 10.7. The van der Waals surface area contributed by atoms with Crippen molar-refractivity contribution in [1.29, 1.82) is 0 Å². The van der Waals surface area contributed by atoms with E-state index in [1.807, 2.05) is 30.3 Å². The molecule has 1 aliphatic rings. The van der Waals surface area contributed by atoms with E-state index in [9.17, 15) is 4.79 Å². The normalized spacial score (nSPS) is 14.4. The average Bonchev–Trinajstić information content (AvgIpc) is 2.88. The molecule has 0 aromatic heterocycles. The highest BCUT2D eigenvalue weighted by molar-refractivity contribution is 6.31. The van der Waals surface area contributed by atoms with Gasteiger partial charge >= 0.3 is 0 Å². The van der Waals surface area contributed by atoms with E-state index in [-0.39, 0.29) is 12.0 Å². The minimum absolute atomic E-state index is 0.0443. The molecule has 114 valence electrons. The van der Waals surface area contributed by atoms with Crippen LogP contribution in [0.1, 0.15) is 23.7 Å². The monoisotopic (exact) mass is 316 g/mol. The first kappa shape index (κ1) is 14.9. The molecule has 0 fully saturated rings. The van der Waals surface area contributed by atoms with Crippen molar-refractivity contribution in [3.05, 3.63) is 58.6 Å². The molecule has 0 aliphatic carbocycles. The van der Waals surface area contributed by atoms with Gasteiger partial charge < -0.3 is 15.8 Å². The fourth-order valence-corrected chi connectivity index (χ4v) is 2.84. The zero-order valence-corrected chi connectivity index (χ0v) is 12.8. The molecule has 22 heavy (non-hydrogen) atoms. The van der Waals surface area contributed by atoms with Crippen molar-refractivity contribution in [2.24, 2.45) is 5.73 Å². The smallest absolute Gasteiger partial charge is 0.229 e. The van der Waals surface area contributed by atoms with E-state index < -0.39 is 0 Å². The summed E-state index contributed by atoms with van der Waals surface area (Å²) in [4.78, 5) is 11.6. The molecular formula is C17H17ClN2O2. The average molecular weight is 317 g/mol. The molecular weight excluding hydrogens is 300 g/mol. The number of carbonyl (C=O) groups is 1. The van der Waals surface area contributed by atoms with Crippen LogP contribution in [0.3, 0.4) is 0 Å². The Balaban J connectivity index is 1.92. The molecule has 0 radical (unpaired) electrons. The lowest BCUT2D eigenvalue weighted by Gasteiger charge is -2.21. The Kier molecular flexibility index (Phi) is 4.32. The van der Waals surface area contributed by atoms with Crippen molar-refractivity contribution < 1.29 is 9.53 Å². The van der Waals surface area contributed by atoms with Gasteiger partial charge in [-0.15, -0.1) is 0 Å². The second-order valence-electron chi connectivity index (χ2n) is 5.25. The summed E-state index contributed by atoms with van der Waals surface area (Å²) >= 11 is 6.13. The molecule has 2 aromatic carbocycles. The van der Waals surface area contributed by atoms with Gasteiger partial charge in [0.1, 0.15) is 11.9 Å². The van der Waals surface area contributed by atoms with E-state index in [0.29, 0.717) is 30.2 Å². The standard InChI is InChI=1S/C17H17ClN2O2/c18-12-8-14-13(10-17(21)20-14)16(9-12)22-15(6-7-19)11-4-2-1-3-5-11/h1-5,8-9,15H,6-7,10,19H2,(H,20,21)/t15-/m1/s1. The van der Waals surface area contributed by atoms with E-state index >= 15 is 0 Å². The van der Waals surface area contributed by atoms with Crippen LogP contribution in [0.4, 0.5) is 5.69 Å². The molecule has 0 bridgehead atoms. The van der Waals surface area contributed by atoms with Gasteiger partial charge in [0, 0.05) is 22.7 Å². The predicted octanol–water partition coefficient (Wildman–Crippen LogP) is 3.30. The maximum atomic E-state index is 11.6. The predicted molar refractivity (Wildman–Crippen MR) is 87.3 cm³/mol. The number of nitrogens with two attached hydrogens (primary N) is 1. The van der Waals surface area contributed by atoms with Gasteiger partial charge in [0.2, 0.25) is 5.91 Å². The number of fused-ring (bicyclic) bond motifs is 1. The summed E-state index contributed by atoms with van der Waals surface area (Å²) in [6.07, 6.45) is 0.836. The Morgan fingerprint density at radius 1 is 1.27 bits per heavy atom. The van der Waals surface area contributed by atoms with E-state index in [1.165, 1.54) is 0 Å². The third kappa shape index (κ3) is 3.08. The second-order valence-corrected chi connectivity index (χ2v) is 5.69. The van der Waals surface area contributed by atoms with Crippen LogP contribution in [0, 0.1) is 0 Å². The Morgan fingerprint density at radius 3 is 2.77 bits per heavy atom. The van der Waals surface area contributed by atoms with Gasteiger partial charge in [0.25, 0.3) is 0 Å². The van der Waals surface area contributed by atoms with Crippen LogP contribution >= 0.6 is 11.6 Å². The van der Waals surface area contributed by atoms with E-state index in [4.69, 9.17) is 22.1 Å². The lowest BCUT2D eigenvalue weighted by molar-refractivity contribution is -0.115. The molecule has 1 aliphatic heterocycles. The third-order valence-electron chi connectivity index (χ3n) is 3.65. The molecule has 1 heterocycles. The van der Waals surface area contributed by atoms with E-state index in [2.05, 4.69) is 5.32 Å². The summed E-state index contributed by atoms with van der Waals surface area (Å²) in [5.74, 6) is 0.598. The molecule has 3 N–H and O–H groups in total. The van der Waals surface area contributed by atoms with Crippen molar-refractivity contribution in [1.82, 2.24) is 0 Å². The van der Waals surface area contributed by atoms with Gasteiger partial charge in [-0.2, -0.15) is 0 Å². The number of amides is 1. The largest absolute Gasteiger partial charge is 0.485 e. The number of ether oxygens (including phenoxy) is 1. The number of benzene rings is 2. The van der Waals surface area contributed by atoms with Crippen molar-refractivity contribution in [3.63, 3.8) is 0 Å². The highest BCUT2D eigenvalue weighted by Gasteiger charge is 2.24. The highest BCUT2D eigenvalue weighted by Crippen LogP contribution is 2.37. The van der Waals surface area contributed by atoms with Crippen LogP contribution < -0.4 is 15.8 Å². The number of halogens is 1. The molecule has 4 nitrogen and oxygen atoms in total. The molecule has 0 unspecified atom stereocenters. The van der Waals surface area contributed by atoms with Crippen LogP contribution in [0.15, 0.2) is 42.5 Å². The Labute approximate surface area is 134 Å². The zero-order chi connectivity index (χ0) is 15.5. The van der Waals surface area contributed by atoms with Crippen molar-refractivity contribution in [2.75, 3.05) is 11.9 Å². The first-order valence-electron chi connectivity index (χ1n) is 7.21. The number of hydrogen-bond donors (Lipinski definition) is 2. The number of hydrogen-bond acceptors (Lipinski definition) is 3. The lowest BCUT2D eigenvalue weighted by atomic mass is 10.1. The van der Waals surface area contributed by atoms with Gasteiger partial charge in [0.05, 0.1) is 6.42 Å². The number of anilines is 1. The summed E-state index contributed by atoms with van der Waals surface area (Å²) in [6.45, 7) is 0.513. The van der Waals surface area contributed by atoms with Crippen LogP contribution in [0.2, 0.25) is 5.02 Å². The minimum atomic E-state index is -0.163. The maximum absolute atomic E-state index is 11.6. The number of rotatable bonds is 5. The quantitative estimate of drug-likeness (QED) is 0.889. The summed E-state index contributed by atoms with van der Waals surface area (Å²) in [7, 11) is 0. The molecule has 0 saturated carbocycles.